The molecule has 1 N–H and O–H groups in total. The lowest BCUT2D eigenvalue weighted by Crippen LogP contribution is -2.20. The minimum Gasteiger partial charge on any atom is -0.310 e. The van der Waals surface area contributed by atoms with Crippen LogP contribution in [0.5, 0.6) is 0 Å². The second-order valence-electron chi connectivity index (χ2n) is 5.73. The average molecular weight is 413 g/mol. The van der Waals surface area contributed by atoms with Crippen molar-refractivity contribution in [2.75, 3.05) is 0 Å². The highest BCUT2D eigenvalue weighted by molar-refractivity contribution is 14.1. The fourth-order valence-corrected chi connectivity index (χ4v) is 3.70. The van der Waals surface area contributed by atoms with Gasteiger partial charge in [-0.15, -0.1) is 0 Å². The van der Waals surface area contributed by atoms with Gasteiger partial charge < -0.3 is 4.57 Å². The van der Waals surface area contributed by atoms with Crippen molar-refractivity contribution in [3.63, 3.8) is 0 Å². The van der Waals surface area contributed by atoms with Crippen molar-refractivity contribution in [3.05, 3.63) is 75.1 Å². The summed E-state index contributed by atoms with van der Waals surface area (Å²) in [4.78, 5) is 4.81. The molecule has 0 saturated heterocycles. The number of aromatic nitrogens is 2. The van der Waals surface area contributed by atoms with Gasteiger partial charge in [-0.2, -0.15) is 0 Å². The predicted octanol–water partition coefficient (Wildman–Crippen LogP) is 4.15. The molecule has 4 rings (SSSR count). The summed E-state index contributed by atoms with van der Waals surface area (Å²) in [6, 6.07) is 16.4. The summed E-state index contributed by atoms with van der Waals surface area (Å²) in [5, 5.41) is 9.36. The molecule has 0 aliphatic carbocycles. The standard InChI is InChI=1S/C19H16IN3/c20-16-7-3-1-5-13(16)9-10-14-11-12-23-18(21)15-6-2-4-8-17(15)22-19(14)23/h1-8,10,21H,9,11-12H2/b14-10+,21-18?. The number of nitrogens with zero attached hydrogens (tertiary/aromatic N) is 2. The van der Waals surface area contributed by atoms with E-state index in [4.69, 9.17) is 10.4 Å². The first-order valence-electron chi connectivity index (χ1n) is 7.71. The number of para-hydroxylation sites is 1. The van der Waals surface area contributed by atoms with Crippen molar-refractivity contribution in [1.82, 2.24) is 9.55 Å². The molecule has 3 nitrogen and oxygen atoms in total. The Kier molecular flexibility index (Phi) is 3.77. The topological polar surface area (TPSA) is 41.7 Å². The van der Waals surface area contributed by atoms with Gasteiger partial charge in [-0.3, -0.25) is 5.41 Å². The van der Waals surface area contributed by atoms with Crippen molar-refractivity contribution in [2.24, 2.45) is 0 Å². The van der Waals surface area contributed by atoms with Crippen molar-refractivity contribution < 1.29 is 0 Å². The molecule has 0 radical (unpaired) electrons. The number of benzene rings is 2. The van der Waals surface area contributed by atoms with Crippen LogP contribution in [0, 0.1) is 8.98 Å². The Morgan fingerprint density at radius 3 is 2.78 bits per heavy atom. The first-order chi connectivity index (χ1) is 11.2. The summed E-state index contributed by atoms with van der Waals surface area (Å²) in [7, 11) is 0. The number of hydrogen-bond donors (Lipinski definition) is 1. The Hall–Kier alpha value is -1.95. The molecule has 0 amide bonds. The van der Waals surface area contributed by atoms with Crippen LogP contribution >= 0.6 is 22.6 Å². The normalized spacial score (nSPS) is 15.3. The van der Waals surface area contributed by atoms with E-state index in [9.17, 15) is 0 Å². The van der Waals surface area contributed by atoms with Crippen molar-refractivity contribution >= 4 is 39.1 Å². The molecule has 3 aromatic rings. The van der Waals surface area contributed by atoms with Gasteiger partial charge in [-0.25, -0.2) is 4.98 Å². The lowest BCUT2D eigenvalue weighted by atomic mass is 10.1. The molecule has 1 aliphatic heterocycles. The Balaban J connectivity index is 1.77. The summed E-state index contributed by atoms with van der Waals surface area (Å²) in [5.41, 5.74) is 4.07. The summed E-state index contributed by atoms with van der Waals surface area (Å²) >= 11 is 2.38. The highest BCUT2D eigenvalue weighted by Gasteiger charge is 2.19. The molecule has 1 aromatic heterocycles. The van der Waals surface area contributed by atoms with E-state index < -0.39 is 0 Å². The fraction of sp³-hybridized carbons (Fsp3) is 0.158. The van der Waals surface area contributed by atoms with E-state index in [1.807, 2.05) is 28.8 Å². The summed E-state index contributed by atoms with van der Waals surface area (Å²) in [6.45, 7) is 0.851. The average Bonchev–Trinajstić information content (AvgIpc) is 2.98. The van der Waals surface area contributed by atoms with Gasteiger partial charge in [0.15, 0.2) is 0 Å². The number of hydrogen-bond acceptors (Lipinski definition) is 2. The number of allylic oxidation sites excluding steroid dienone is 2. The van der Waals surface area contributed by atoms with Crippen molar-refractivity contribution in [1.29, 1.82) is 5.41 Å². The maximum Gasteiger partial charge on any atom is 0.137 e. The van der Waals surface area contributed by atoms with Crippen molar-refractivity contribution in [2.45, 2.75) is 19.4 Å². The molecule has 23 heavy (non-hydrogen) atoms. The van der Waals surface area contributed by atoms with Crippen LogP contribution in [-0.4, -0.2) is 9.55 Å². The van der Waals surface area contributed by atoms with Gasteiger partial charge in [0, 0.05) is 15.5 Å². The van der Waals surface area contributed by atoms with E-state index in [0.717, 1.165) is 36.1 Å². The molecule has 4 heteroatoms. The molecular weight excluding hydrogens is 397 g/mol. The van der Waals surface area contributed by atoms with Crippen LogP contribution in [-0.2, 0) is 13.0 Å². The van der Waals surface area contributed by atoms with Gasteiger partial charge in [0.2, 0.25) is 0 Å². The first kappa shape index (κ1) is 14.6. The maximum atomic E-state index is 8.44. The monoisotopic (exact) mass is 413 g/mol. The Labute approximate surface area is 148 Å². The van der Waals surface area contributed by atoms with Crippen LogP contribution in [0.3, 0.4) is 0 Å². The Morgan fingerprint density at radius 2 is 1.91 bits per heavy atom. The summed E-state index contributed by atoms with van der Waals surface area (Å²) in [5.74, 6) is 0.958. The number of nitrogens with one attached hydrogen (secondary N) is 1. The third kappa shape index (κ3) is 2.61. The van der Waals surface area contributed by atoms with E-state index in [1.54, 1.807) is 0 Å². The lowest BCUT2D eigenvalue weighted by molar-refractivity contribution is 0.703. The van der Waals surface area contributed by atoms with Gasteiger partial charge in [-0.1, -0.05) is 36.4 Å². The quantitative estimate of drug-likeness (QED) is 0.631. The molecule has 1 aliphatic rings. The molecule has 0 spiro atoms. The summed E-state index contributed by atoms with van der Waals surface area (Å²) in [6.07, 6.45) is 4.15. The molecular formula is C19H16IN3. The van der Waals surface area contributed by atoms with Crippen LogP contribution in [0.2, 0.25) is 0 Å². The smallest absolute Gasteiger partial charge is 0.137 e. The third-order valence-electron chi connectivity index (χ3n) is 4.33. The third-order valence-corrected chi connectivity index (χ3v) is 5.38. The minimum absolute atomic E-state index is 0.572. The van der Waals surface area contributed by atoms with Crippen LogP contribution in [0.25, 0.3) is 16.5 Å². The van der Waals surface area contributed by atoms with E-state index in [0.29, 0.717) is 5.49 Å². The molecule has 0 saturated carbocycles. The highest BCUT2D eigenvalue weighted by Crippen LogP contribution is 2.26. The first-order valence-corrected chi connectivity index (χ1v) is 8.79. The van der Waals surface area contributed by atoms with Gasteiger partial charge in [0.25, 0.3) is 0 Å². The van der Waals surface area contributed by atoms with E-state index in [1.165, 1.54) is 14.7 Å². The Morgan fingerprint density at radius 1 is 1.13 bits per heavy atom. The van der Waals surface area contributed by atoms with Crippen LogP contribution in [0.4, 0.5) is 0 Å². The van der Waals surface area contributed by atoms with Crippen LogP contribution < -0.4 is 5.49 Å². The second kappa shape index (κ2) is 5.92. The van der Waals surface area contributed by atoms with Gasteiger partial charge in [0.1, 0.15) is 11.3 Å². The molecule has 0 atom stereocenters. The van der Waals surface area contributed by atoms with Gasteiger partial charge in [0.05, 0.1) is 5.52 Å². The zero-order valence-corrected chi connectivity index (χ0v) is 14.7. The lowest BCUT2D eigenvalue weighted by Gasteiger charge is -2.07. The van der Waals surface area contributed by atoms with E-state index >= 15 is 0 Å². The number of halogens is 1. The Bertz CT molecular complexity index is 985. The fourth-order valence-electron chi connectivity index (χ4n) is 3.09. The molecule has 114 valence electrons. The molecule has 2 heterocycles. The minimum atomic E-state index is 0.572. The zero-order valence-electron chi connectivity index (χ0n) is 12.6. The van der Waals surface area contributed by atoms with Gasteiger partial charge in [-0.05, 0) is 64.8 Å². The maximum absolute atomic E-state index is 8.44. The van der Waals surface area contributed by atoms with Gasteiger partial charge >= 0.3 is 0 Å². The van der Waals surface area contributed by atoms with E-state index in [2.05, 4.69) is 52.9 Å². The molecule has 0 unspecified atom stereocenters. The van der Waals surface area contributed by atoms with Crippen LogP contribution in [0.15, 0.2) is 54.6 Å². The zero-order chi connectivity index (χ0) is 15.8. The van der Waals surface area contributed by atoms with Crippen LogP contribution in [0.1, 0.15) is 17.8 Å². The number of rotatable bonds is 2. The largest absolute Gasteiger partial charge is 0.310 e. The van der Waals surface area contributed by atoms with E-state index in [-0.39, 0.29) is 0 Å². The molecule has 2 aromatic carbocycles. The molecule has 0 bridgehead atoms. The predicted molar refractivity (Wildman–Crippen MR) is 101 cm³/mol. The number of fused-ring (bicyclic) bond motifs is 2. The SMILES string of the molecule is N=c1c2ccccc2nc2n1CC/C2=C\Cc1ccccc1I. The summed E-state index contributed by atoms with van der Waals surface area (Å²) < 4.78 is 3.32. The van der Waals surface area contributed by atoms with Crippen molar-refractivity contribution in [3.8, 4) is 0 Å². The molecule has 0 fully saturated rings. The highest BCUT2D eigenvalue weighted by atomic mass is 127. The second-order valence-corrected chi connectivity index (χ2v) is 6.89.